The van der Waals surface area contributed by atoms with Gasteiger partial charge in [0.1, 0.15) is 4.88 Å². The smallest absolute Gasteiger partial charge is 0.347 e. The Labute approximate surface area is 109 Å². The number of carboxylic acids is 1. The van der Waals surface area contributed by atoms with Gasteiger partial charge >= 0.3 is 5.97 Å². The molecule has 18 heavy (non-hydrogen) atoms. The summed E-state index contributed by atoms with van der Waals surface area (Å²) in [7, 11) is 0. The van der Waals surface area contributed by atoms with E-state index in [0.717, 1.165) is 16.9 Å². The van der Waals surface area contributed by atoms with E-state index >= 15 is 0 Å². The summed E-state index contributed by atoms with van der Waals surface area (Å²) in [6.07, 6.45) is 3.39. The van der Waals surface area contributed by atoms with Crippen LogP contribution in [0.4, 0.5) is 0 Å². The van der Waals surface area contributed by atoms with Crippen molar-refractivity contribution in [2.24, 2.45) is 0 Å². The van der Waals surface area contributed by atoms with Crippen LogP contribution in [0.5, 0.6) is 0 Å². The van der Waals surface area contributed by atoms with Crippen LogP contribution in [0, 0.1) is 6.92 Å². The Bertz CT molecular complexity index is 576. The first kappa shape index (κ1) is 12.6. The van der Waals surface area contributed by atoms with Gasteiger partial charge in [0.25, 0.3) is 0 Å². The molecule has 2 rings (SSSR count). The van der Waals surface area contributed by atoms with E-state index in [1.165, 1.54) is 0 Å². The molecule has 5 nitrogen and oxygen atoms in total. The van der Waals surface area contributed by atoms with Crippen molar-refractivity contribution in [3.05, 3.63) is 28.5 Å². The molecule has 0 saturated carbocycles. The molecule has 0 amide bonds. The number of hydrogen-bond donors (Lipinski definition) is 1. The Morgan fingerprint density at radius 3 is 2.39 bits per heavy atom. The van der Waals surface area contributed by atoms with Gasteiger partial charge < -0.3 is 5.11 Å². The van der Waals surface area contributed by atoms with Crippen LogP contribution < -0.4 is 0 Å². The lowest BCUT2D eigenvalue weighted by Crippen LogP contribution is -2.00. The molecule has 0 saturated heterocycles. The van der Waals surface area contributed by atoms with Gasteiger partial charge in [0.05, 0.1) is 5.69 Å². The third kappa shape index (κ3) is 2.38. The van der Waals surface area contributed by atoms with Crippen molar-refractivity contribution in [1.29, 1.82) is 0 Å². The number of nitrogens with zero attached hydrogens (tertiary/aromatic N) is 3. The maximum Gasteiger partial charge on any atom is 0.347 e. The molecule has 0 bridgehead atoms. The van der Waals surface area contributed by atoms with Crippen LogP contribution in [0.1, 0.15) is 40.7 Å². The maximum absolute atomic E-state index is 11.2. The third-order valence-corrected chi connectivity index (χ3v) is 3.42. The van der Waals surface area contributed by atoms with E-state index in [4.69, 9.17) is 5.11 Å². The summed E-state index contributed by atoms with van der Waals surface area (Å²) in [6, 6.07) is 0. The molecule has 0 radical (unpaired) electrons. The van der Waals surface area contributed by atoms with Crippen LogP contribution in [0.25, 0.3) is 10.8 Å². The summed E-state index contributed by atoms with van der Waals surface area (Å²) >= 11 is 1.12. The number of carboxylic acid groups (broad SMARTS) is 1. The zero-order valence-corrected chi connectivity index (χ0v) is 11.2. The fraction of sp³-hybridized carbons (Fsp3) is 0.333. The number of rotatable bonds is 3. The molecule has 0 spiro atoms. The standard InChI is InChI=1S/C12H13N3O2S/c1-6(2)8-9(12(16)17)18-11(15-8)10-13-4-7(3)5-14-10/h4-6H,1-3H3,(H,16,17). The first-order valence-corrected chi connectivity index (χ1v) is 6.33. The number of carbonyl (C=O) groups is 1. The molecule has 0 aromatic carbocycles. The lowest BCUT2D eigenvalue weighted by atomic mass is 10.1. The second-order valence-electron chi connectivity index (χ2n) is 4.28. The Morgan fingerprint density at radius 1 is 1.33 bits per heavy atom. The molecular formula is C12H13N3O2S. The van der Waals surface area contributed by atoms with Crippen molar-refractivity contribution in [3.63, 3.8) is 0 Å². The predicted octanol–water partition coefficient (Wildman–Crippen LogP) is 2.73. The molecule has 2 aromatic heterocycles. The Balaban J connectivity index is 2.49. The molecule has 94 valence electrons. The minimum atomic E-state index is -0.949. The molecular weight excluding hydrogens is 250 g/mol. The highest BCUT2D eigenvalue weighted by atomic mass is 32.1. The fourth-order valence-electron chi connectivity index (χ4n) is 1.48. The van der Waals surface area contributed by atoms with E-state index < -0.39 is 5.97 Å². The molecule has 2 heterocycles. The summed E-state index contributed by atoms with van der Waals surface area (Å²) in [5.41, 5.74) is 1.55. The van der Waals surface area contributed by atoms with E-state index in [0.29, 0.717) is 16.5 Å². The van der Waals surface area contributed by atoms with Gasteiger partial charge in [-0.1, -0.05) is 13.8 Å². The minimum Gasteiger partial charge on any atom is -0.477 e. The molecule has 0 aliphatic heterocycles. The summed E-state index contributed by atoms with van der Waals surface area (Å²) in [5, 5.41) is 9.70. The largest absolute Gasteiger partial charge is 0.477 e. The second kappa shape index (κ2) is 4.81. The molecule has 0 aliphatic rings. The Kier molecular flexibility index (Phi) is 3.38. The SMILES string of the molecule is Cc1cnc(-c2nc(C(C)C)c(C(=O)O)s2)nc1. The summed E-state index contributed by atoms with van der Waals surface area (Å²) in [6.45, 7) is 5.73. The van der Waals surface area contributed by atoms with Gasteiger partial charge in [-0.2, -0.15) is 0 Å². The average molecular weight is 263 g/mol. The Morgan fingerprint density at radius 2 is 1.94 bits per heavy atom. The third-order valence-electron chi connectivity index (χ3n) is 2.37. The van der Waals surface area contributed by atoms with Crippen molar-refractivity contribution in [2.45, 2.75) is 26.7 Å². The molecule has 0 atom stereocenters. The van der Waals surface area contributed by atoms with E-state index in [2.05, 4.69) is 15.0 Å². The van der Waals surface area contributed by atoms with E-state index in [1.807, 2.05) is 20.8 Å². The average Bonchev–Trinajstić information content (AvgIpc) is 2.75. The summed E-state index contributed by atoms with van der Waals surface area (Å²) < 4.78 is 0. The number of aryl methyl sites for hydroxylation is 1. The monoisotopic (exact) mass is 263 g/mol. The van der Waals surface area contributed by atoms with Crippen LogP contribution >= 0.6 is 11.3 Å². The van der Waals surface area contributed by atoms with Crippen LogP contribution in [-0.4, -0.2) is 26.0 Å². The first-order valence-electron chi connectivity index (χ1n) is 5.52. The molecule has 0 unspecified atom stereocenters. The second-order valence-corrected chi connectivity index (χ2v) is 5.28. The van der Waals surface area contributed by atoms with E-state index in [9.17, 15) is 4.79 Å². The quantitative estimate of drug-likeness (QED) is 0.921. The van der Waals surface area contributed by atoms with Crippen molar-refractivity contribution >= 4 is 17.3 Å². The predicted molar refractivity (Wildman–Crippen MR) is 68.9 cm³/mol. The number of thiazole rings is 1. The summed E-state index contributed by atoms with van der Waals surface area (Å²) in [4.78, 5) is 24.1. The maximum atomic E-state index is 11.2. The molecule has 0 fully saturated rings. The van der Waals surface area contributed by atoms with Gasteiger partial charge in [-0.05, 0) is 18.4 Å². The van der Waals surface area contributed by atoms with Crippen LogP contribution in [-0.2, 0) is 0 Å². The Hall–Kier alpha value is -1.82. The fourth-order valence-corrected chi connectivity index (χ4v) is 2.48. The van der Waals surface area contributed by atoms with Crippen LogP contribution in [0.2, 0.25) is 0 Å². The molecule has 6 heteroatoms. The van der Waals surface area contributed by atoms with Gasteiger partial charge in [0.15, 0.2) is 10.8 Å². The van der Waals surface area contributed by atoms with Crippen molar-refractivity contribution < 1.29 is 9.90 Å². The van der Waals surface area contributed by atoms with Gasteiger partial charge in [0, 0.05) is 12.4 Å². The van der Waals surface area contributed by atoms with Crippen molar-refractivity contribution in [1.82, 2.24) is 15.0 Å². The highest BCUT2D eigenvalue weighted by Crippen LogP contribution is 2.29. The van der Waals surface area contributed by atoms with Gasteiger partial charge in [-0.3, -0.25) is 0 Å². The molecule has 2 aromatic rings. The van der Waals surface area contributed by atoms with Crippen LogP contribution in [0.15, 0.2) is 12.4 Å². The topological polar surface area (TPSA) is 76.0 Å². The summed E-state index contributed by atoms with van der Waals surface area (Å²) in [5.74, 6) is -0.416. The highest BCUT2D eigenvalue weighted by molar-refractivity contribution is 7.16. The van der Waals surface area contributed by atoms with Crippen molar-refractivity contribution in [2.75, 3.05) is 0 Å². The number of hydrogen-bond acceptors (Lipinski definition) is 5. The van der Waals surface area contributed by atoms with Crippen molar-refractivity contribution in [3.8, 4) is 10.8 Å². The van der Waals surface area contributed by atoms with E-state index in [-0.39, 0.29) is 10.8 Å². The van der Waals surface area contributed by atoms with Crippen LogP contribution in [0.3, 0.4) is 0 Å². The van der Waals surface area contributed by atoms with Gasteiger partial charge in [0.2, 0.25) is 0 Å². The first-order chi connectivity index (χ1) is 8.49. The molecule has 0 aliphatic carbocycles. The number of aromatic nitrogens is 3. The van der Waals surface area contributed by atoms with E-state index in [1.54, 1.807) is 12.4 Å². The molecule has 1 N–H and O–H groups in total. The lowest BCUT2D eigenvalue weighted by molar-refractivity contribution is 0.0700. The normalized spacial score (nSPS) is 10.9. The highest BCUT2D eigenvalue weighted by Gasteiger charge is 2.21. The number of aromatic carboxylic acids is 1. The van der Waals surface area contributed by atoms with Gasteiger partial charge in [-0.15, -0.1) is 11.3 Å². The minimum absolute atomic E-state index is 0.0616. The van der Waals surface area contributed by atoms with Gasteiger partial charge in [-0.25, -0.2) is 19.7 Å². The zero-order chi connectivity index (χ0) is 13.3. The zero-order valence-electron chi connectivity index (χ0n) is 10.3. The lowest BCUT2D eigenvalue weighted by Gasteiger charge is -2.00.